The summed E-state index contributed by atoms with van der Waals surface area (Å²) in [5.74, 6) is 1.58. The Bertz CT molecular complexity index is 744. The van der Waals surface area contributed by atoms with Gasteiger partial charge in [-0.25, -0.2) is 9.67 Å². The van der Waals surface area contributed by atoms with E-state index < -0.39 is 0 Å². The number of aryl methyl sites for hydroxylation is 3. The summed E-state index contributed by atoms with van der Waals surface area (Å²) in [7, 11) is 0. The molecule has 0 saturated heterocycles. The zero-order valence-electron chi connectivity index (χ0n) is 12.3. The summed E-state index contributed by atoms with van der Waals surface area (Å²) in [6.45, 7) is 5.68. The van der Waals surface area contributed by atoms with Crippen molar-refractivity contribution in [3.8, 4) is 0 Å². The van der Waals surface area contributed by atoms with E-state index in [9.17, 15) is 0 Å². The van der Waals surface area contributed by atoms with Crippen molar-refractivity contribution in [3.05, 3.63) is 41.6 Å². The zero-order valence-corrected chi connectivity index (χ0v) is 13.0. The van der Waals surface area contributed by atoms with Gasteiger partial charge in [0.05, 0.1) is 12.2 Å². The Morgan fingerprint density at radius 1 is 1.24 bits per heavy atom. The Morgan fingerprint density at radius 2 is 2.00 bits per heavy atom. The molecule has 0 aliphatic rings. The molecular weight excluding hydrogens is 286 g/mol. The molecule has 5 nitrogen and oxygen atoms in total. The molecule has 0 bridgehead atoms. The first kappa shape index (κ1) is 14.1. The van der Waals surface area contributed by atoms with E-state index in [4.69, 9.17) is 16.6 Å². The lowest BCUT2D eigenvalue weighted by Crippen LogP contribution is -2.10. The maximum absolute atomic E-state index is 5.93. The van der Waals surface area contributed by atoms with Gasteiger partial charge in [-0.1, -0.05) is 0 Å². The van der Waals surface area contributed by atoms with E-state index in [1.54, 1.807) is 0 Å². The van der Waals surface area contributed by atoms with Gasteiger partial charge in [-0.15, -0.1) is 11.6 Å². The van der Waals surface area contributed by atoms with Crippen LogP contribution in [-0.4, -0.2) is 30.2 Å². The first-order valence-electron chi connectivity index (χ1n) is 7.12. The van der Waals surface area contributed by atoms with Crippen molar-refractivity contribution in [2.45, 2.75) is 33.4 Å². The van der Waals surface area contributed by atoms with Gasteiger partial charge in [-0.2, -0.15) is 5.10 Å². The summed E-state index contributed by atoms with van der Waals surface area (Å²) in [6, 6.07) is 4.05. The predicted octanol–water partition coefficient (Wildman–Crippen LogP) is 2.79. The molecule has 3 aromatic rings. The average Bonchev–Trinajstić information content (AvgIpc) is 3.00. The number of aromatic nitrogens is 5. The molecule has 0 aliphatic carbocycles. The molecule has 110 valence electrons. The Kier molecular flexibility index (Phi) is 3.92. The molecule has 0 aromatic carbocycles. The van der Waals surface area contributed by atoms with Gasteiger partial charge in [0, 0.05) is 31.2 Å². The topological polar surface area (TPSA) is 48.5 Å². The van der Waals surface area contributed by atoms with Gasteiger partial charge in [-0.3, -0.25) is 4.98 Å². The summed E-state index contributed by atoms with van der Waals surface area (Å²) >= 11 is 5.93. The molecule has 3 aromatic heterocycles. The minimum Gasteiger partial charge on any atom is -0.308 e. The van der Waals surface area contributed by atoms with Gasteiger partial charge in [0.25, 0.3) is 0 Å². The van der Waals surface area contributed by atoms with Crippen molar-refractivity contribution in [2.24, 2.45) is 0 Å². The van der Waals surface area contributed by atoms with Crippen LogP contribution in [0.1, 0.15) is 24.0 Å². The van der Waals surface area contributed by atoms with Crippen LogP contribution < -0.4 is 0 Å². The van der Waals surface area contributed by atoms with Gasteiger partial charge in [-0.05, 0) is 31.5 Å². The molecule has 0 aliphatic heterocycles. The first-order chi connectivity index (χ1) is 10.2. The van der Waals surface area contributed by atoms with Gasteiger partial charge in [0.1, 0.15) is 11.3 Å². The van der Waals surface area contributed by atoms with Crippen LogP contribution in [0, 0.1) is 6.92 Å². The highest BCUT2D eigenvalue weighted by atomic mass is 35.5. The predicted molar refractivity (Wildman–Crippen MR) is 83.7 cm³/mol. The van der Waals surface area contributed by atoms with E-state index >= 15 is 0 Å². The number of hydrogen-bond acceptors (Lipinski definition) is 3. The third-order valence-corrected chi connectivity index (χ3v) is 3.77. The van der Waals surface area contributed by atoms with Crippen LogP contribution in [0.5, 0.6) is 0 Å². The first-order valence-corrected chi connectivity index (χ1v) is 7.65. The van der Waals surface area contributed by atoms with Crippen LogP contribution in [0.2, 0.25) is 0 Å². The van der Waals surface area contributed by atoms with E-state index in [0.717, 1.165) is 42.2 Å². The van der Waals surface area contributed by atoms with Crippen molar-refractivity contribution < 1.29 is 0 Å². The molecule has 0 unspecified atom stereocenters. The Balaban J connectivity index is 2.15. The standard InChI is InChI=1S/C15H18ClN5/c1-3-21-15-14(11(2)19-21)18-13(4-7-16)20(15)10-12-5-8-17-9-6-12/h5-6,8-9H,3-4,7,10H2,1-2H3. The number of alkyl halides is 1. The Labute approximate surface area is 128 Å². The molecule has 6 heteroatoms. The number of fused-ring (bicyclic) bond motifs is 1. The number of hydrogen-bond donors (Lipinski definition) is 0. The summed E-state index contributed by atoms with van der Waals surface area (Å²) in [6.07, 6.45) is 4.38. The SMILES string of the molecule is CCn1nc(C)c2nc(CCCl)n(Cc3ccncc3)c21. The third kappa shape index (κ3) is 2.53. The third-order valence-electron chi connectivity index (χ3n) is 3.59. The molecule has 0 radical (unpaired) electrons. The van der Waals surface area contributed by atoms with Gasteiger partial charge < -0.3 is 4.57 Å². The van der Waals surface area contributed by atoms with Crippen LogP contribution in [0.4, 0.5) is 0 Å². The summed E-state index contributed by atoms with van der Waals surface area (Å²) < 4.78 is 4.23. The van der Waals surface area contributed by atoms with E-state index in [1.165, 1.54) is 5.56 Å². The minimum absolute atomic E-state index is 0.564. The average molecular weight is 304 g/mol. The molecule has 3 heterocycles. The van der Waals surface area contributed by atoms with Crippen LogP contribution >= 0.6 is 11.6 Å². The number of rotatable bonds is 5. The van der Waals surface area contributed by atoms with E-state index in [-0.39, 0.29) is 0 Å². The van der Waals surface area contributed by atoms with Crippen LogP contribution in [0.3, 0.4) is 0 Å². The summed E-state index contributed by atoms with van der Waals surface area (Å²) in [4.78, 5) is 8.82. The van der Waals surface area contributed by atoms with Crippen molar-refractivity contribution in [3.63, 3.8) is 0 Å². The lowest BCUT2D eigenvalue weighted by molar-refractivity contribution is 0.635. The summed E-state index contributed by atoms with van der Waals surface area (Å²) in [5.41, 5.74) is 4.22. The Morgan fingerprint density at radius 3 is 2.67 bits per heavy atom. The molecule has 0 N–H and O–H groups in total. The second-order valence-corrected chi connectivity index (χ2v) is 5.36. The fraction of sp³-hybridized carbons (Fsp3) is 0.400. The smallest absolute Gasteiger partial charge is 0.159 e. The van der Waals surface area contributed by atoms with Crippen molar-refractivity contribution >= 4 is 22.8 Å². The highest BCUT2D eigenvalue weighted by Crippen LogP contribution is 2.21. The van der Waals surface area contributed by atoms with E-state index in [0.29, 0.717) is 5.88 Å². The van der Waals surface area contributed by atoms with Gasteiger partial charge in [0.2, 0.25) is 0 Å². The number of halogens is 1. The fourth-order valence-corrected chi connectivity index (χ4v) is 2.77. The Hall–Kier alpha value is -1.88. The van der Waals surface area contributed by atoms with Crippen LogP contribution in [0.25, 0.3) is 11.2 Å². The largest absolute Gasteiger partial charge is 0.308 e. The van der Waals surface area contributed by atoms with Crippen molar-refractivity contribution in [2.75, 3.05) is 5.88 Å². The quantitative estimate of drug-likeness (QED) is 0.681. The lowest BCUT2D eigenvalue weighted by Gasteiger charge is -2.10. The molecule has 0 amide bonds. The van der Waals surface area contributed by atoms with E-state index in [1.807, 2.05) is 36.1 Å². The highest BCUT2D eigenvalue weighted by molar-refractivity contribution is 6.17. The van der Waals surface area contributed by atoms with Crippen LogP contribution in [0.15, 0.2) is 24.5 Å². The molecule has 0 saturated carbocycles. The maximum atomic E-state index is 5.93. The molecule has 21 heavy (non-hydrogen) atoms. The number of nitrogens with zero attached hydrogens (tertiary/aromatic N) is 5. The fourth-order valence-electron chi connectivity index (χ4n) is 2.60. The normalized spacial score (nSPS) is 11.4. The molecule has 3 rings (SSSR count). The number of imidazole rings is 1. The van der Waals surface area contributed by atoms with Crippen molar-refractivity contribution in [1.29, 1.82) is 0 Å². The molecule has 0 spiro atoms. The number of pyridine rings is 1. The zero-order chi connectivity index (χ0) is 14.8. The van der Waals surface area contributed by atoms with Crippen LogP contribution in [-0.2, 0) is 19.5 Å². The minimum atomic E-state index is 0.564. The molecule has 0 fully saturated rings. The second-order valence-electron chi connectivity index (χ2n) is 4.98. The van der Waals surface area contributed by atoms with E-state index in [2.05, 4.69) is 21.6 Å². The lowest BCUT2D eigenvalue weighted by atomic mass is 10.2. The molecule has 0 atom stereocenters. The van der Waals surface area contributed by atoms with Gasteiger partial charge >= 0.3 is 0 Å². The van der Waals surface area contributed by atoms with Crippen molar-refractivity contribution in [1.82, 2.24) is 24.3 Å². The van der Waals surface area contributed by atoms with Gasteiger partial charge in [0.15, 0.2) is 5.65 Å². The maximum Gasteiger partial charge on any atom is 0.159 e. The summed E-state index contributed by atoms with van der Waals surface area (Å²) in [5, 5.41) is 4.56. The second kappa shape index (κ2) is 5.85. The monoisotopic (exact) mass is 303 g/mol. The highest BCUT2D eigenvalue weighted by Gasteiger charge is 2.18. The molecular formula is C15H18ClN5.